The van der Waals surface area contributed by atoms with Gasteiger partial charge in [0.15, 0.2) is 0 Å². The number of nitrogens with one attached hydrogen (secondary N) is 2. The van der Waals surface area contributed by atoms with Gasteiger partial charge in [0, 0.05) is 25.7 Å². The summed E-state index contributed by atoms with van der Waals surface area (Å²) in [6.07, 6.45) is 5.00. The van der Waals surface area contributed by atoms with Crippen molar-refractivity contribution in [3.05, 3.63) is 35.9 Å². The van der Waals surface area contributed by atoms with Crippen LogP contribution in [0.5, 0.6) is 0 Å². The Morgan fingerprint density at radius 2 is 2.05 bits per heavy atom. The Kier molecular flexibility index (Phi) is 6.54. The zero-order chi connectivity index (χ0) is 14.9. The smallest absolute Gasteiger partial charge is 0.315 e. The van der Waals surface area contributed by atoms with Crippen LogP contribution in [0.3, 0.4) is 0 Å². The quantitative estimate of drug-likeness (QED) is 0.791. The Hall–Kier alpha value is -1.55. The predicted octanol–water partition coefficient (Wildman–Crippen LogP) is 2.75. The fraction of sp³-hybridized carbons (Fsp3) is 0.588. The molecular formula is C17H27N3O. The minimum absolute atomic E-state index is 0.0782. The van der Waals surface area contributed by atoms with Crippen LogP contribution in [-0.2, 0) is 6.54 Å². The molecular weight excluding hydrogens is 262 g/mol. The SMILES string of the molecule is CC1CCCCN1CCCNC(=O)NCc1ccccc1. The average molecular weight is 289 g/mol. The number of nitrogens with zero attached hydrogens (tertiary/aromatic N) is 1. The molecule has 1 aliphatic rings. The second-order valence-electron chi connectivity index (χ2n) is 5.83. The molecule has 1 aromatic carbocycles. The van der Waals surface area contributed by atoms with Crippen molar-refractivity contribution in [3.8, 4) is 0 Å². The van der Waals surface area contributed by atoms with Gasteiger partial charge in [0.2, 0.25) is 0 Å². The fourth-order valence-electron chi connectivity index (χ4n) is 2.81. The lowest BCUT2D eigenvalue weighted by Crippen LogP contribution is -2.40. The van der Waals surface area contributed by atoms with Gasteiger partial charge in [-0.15, -0.1) is 0 Å². The van der Waals surface area contributed by atoms with Crippen molar-refractivity contribution in [1.29, 1.82) is 0 Å². The molecule has 2 N–H and O–H groups in total. The normalized spacial score (nSPS) is 19.2. The van der Waals surface area contributed by atoms with E-state index in [-0.39, 0.29) is 6.03 Å². The summed E-state index contributed by atoms with van der Waals surface area (Å²) >= 11 is 0. The van der Waals surface area contributed by atoms with E-state index in [4.69, 9.17) is 0 Å². The highest BCUT2D eigenvalue weighted by molar-refractivity contribution is 5.73. The number of rotatable bonds is 6. The van der Waals surface area contributed by atoms with Gasteiger partial charge in [-0.3, -0.25) is 0 Å². The first-order chi connectivity index (χ1) is 10.3. The molecule has 4 nitrogen and oxygen atoms in total. The summed E-state index contributed by atoms with van der Waals surface area (Å²) in [4.78, 5) is 14.2. The van der Waals surface area contributed by atoms with Crippen molar-refractivity contribution in [2.75, 3.05) is 19.6 Å². The number of piperidine rings is 1. The maximum Gasteiger partial charge on any atom is 0.315 e. The van der Waals surface area contributed by atoms with Gasteiger partial charge in [-0.05, 0) is 38.3 Å². The van der Waals surface area contributed by atoms with Crippen LogP contribution in [0.4, 0.5) is 4.79 Å². The van der Waals surface area contributed by atoms with Crippen LogP contribution in [0.1, 0.15) is 38.2 Å². The van der Waals surface area contributed by atoms with E-state index in [0.717, 1.165) is 25.1 Å². The van der Waals surface area contributed by atoms with Crippen molar-refractivity contribution in [2.45, 2.75) is 45.2 Å². The van der Waals surface area contributed by atoms with E-state index in [2.05, 4.69) is 22.5 Å². The Bertz CT molecular complexity index is 421. The topological polar surface area (TPSA) is 44.4 Å². The number of urea groups is 1. The number of hydrogen-bond donors (Lipinski definition) is 2. The molecule has 0 aromatic heterocycles. The molecule has 1 saturated heterocycles. The molecule has 2 amide bonds. The van der Waals surface area contributed by atoms with Crippen LogP contribution >= 0.6 is 0 Å². The summed E-state index contributed by atoms with van der Waals surface area (Å²) < 4.78 is 0. The average Bonchev–Trinajstić information content (AvgIpc) is 2.52. The van der Waals surface area contributed by atoms with E-state index < -0.39 is 0 Å². The summed E-state index contributed by atoms with van der Waals surface area (Å²) in [6, 6.07) is 10.6. The van der Waals surface area contributed by atoms with Crippen molar-refractivity contribution in [2.24, 2.45) is 0 Å². The molecule has 1 fully saturated rings. The maximum atomic E-state index is 11.7. The number of carbonyl (C=O) groups excluding carboxylic acids is 1. The standard InChI is InChI=1S/C17H27N3O/c1-15-8-5-6-12-20(15)13-7-11-18-17(21)19-14-16-9-3-2-4-10-16/h2-4,9-10,15H,5-8,11-14H2,1H3,(H2,18,19,21). The second-order valence-corrected chi connectivity index (χ2v) is 5.83. The molecule has 21 heavy (non-hydrogen) atoms. The highest BCUT2D eigenvalue weighted by atomic mass is 16.2. The molecule has 1 aliphatic heterocycles. The van der Waals surface area contributed by atoms with Gasteiger partial charge in [-0.1, -0.05) is 36.8 Å². The minimum atomic E-state index is -0.0782. The second kappa shape index (κ2) is 8.67. The highest BCUT2D eigenvalue weighted by Gasteiger charge is 2.17. The number of benzene rings is 1. The third-order valence-corrected chi connectivity index (χ3v) is 4.14. The van der Waals surface area contributed by atoms with Gasteiger partial charge in [0.1, 0.15) is 0 Å². The lowest BCUT2D eigenvalue weighted by atomic mass is 10.0. The van der Waals surface area contributed by atoms with Gasteiger partial charge in [-0.2, -0.15) is 0 Å². The zero-order valence-electron chi connectivity index (χ0n) is 13.0. The molecule has 0 aliphatic carbocycles. The Morgan fingerprint density at radius 1 is 1.24 bits per heavy atom. The van der Waals surface area contributed by atoms with Crippen LogP contribution in [0.15, 0.2) is 30.3 Å². The fourth-order valence-corrected chi connectivity index (χ4v) is 2.81. The molecule has 0 saturated carbocycles. The summed E-state index contributed by atoms with van der Waals surface area (Å²) in [5.74, 6) is 0. The maximum absolute atomic E-state index is 11.7. The minimum Gasteiger partial charge on any atom is -0.338 e. The van der Waals surface area contributed by atoms with E-state index in [1.807, 2.05) is 30.3 Å². The Morgan fingerprint density at radius 3 is 2.81 bits per heavy atom. The van der Waals surface area contributed by atoms with Crippen LogP contribution in [0.2, 0.25) is 0 Å². The van der Waals surface area contributed by atoms with Gasteiger partial charge in [0.25, 0.3) is 0 Å². The molecule has 4 heteroatoms. The summed E-state index contributed by atoms with van der Waals surface area (Å²) in [6.45, 7) is 5.92. The number of likely N-dealkylation sites (tertiary alicyclic amines) is 1. The van der Waals surface area contributed by atoms with Gasteiger partial charge in [0.05, 0.1) is 0 Å². The lowest BCUT2D eigenvalue weighted by Gasteiger charge is -2.33. The number of carbonyl (C=O) groups is 1. The summed E-state index contributed by atoms with van der Waals surface area (Å²) in [7, 11) is 0. The van der Waals surface area contributed by atoms with Gasteiger partial charge in [-0.25, -0.2) is 4.79 Å². The molecule has 2 rings (SSSR count). The zero-order valence-corrected chi connectivity index (χ0v) is 13.0. The monoisotopic (exact) mass is 289 g/mol. The van der Waals surface area contributed by atoms with E-state index in [9.17, 15) is 4.79 Å². The number of hydrogen-bond acceptors (Lipinski definition) is 2. The molecule has 0 bridgehead atoms. The van der Waals surface area contributed by atoms with Crippen LogP contribution in [0, 0.1) is 0 Å². The molecule has 1 heterocycles. The number of amides is 2. The first-order valence-electron chi connectivity index (χ1n) is 8.05. The summed E-state index contributed by atoms with van der Waals surface area (Å²) in [5, 5.41) is 5.81. The van der Waals surface area contributed by atoms with Crippen molar-refractivity contribution >= 4 is 6.03 Å². The third-order valence-electron chi connectivity index (χ3n) is 4.14. The van der Waals surface area contributed by atoms with Crippen molar-refractivity contribution < 1.29 is 4.79 Å². The lowest BCUT2D eigenvalue weighted by molar-refractivity contribution is 0.159. The third kappa shape index (κ3) is 5.76. The van der Waals surface area contributed by atoms with Crippen molar-refractivity contribution in [1.82, 2.24) is 15.5 Å². The Balaban J connectivity index is 1.55. The first-order valence-corrected chi connectivity index (χ1v) is 8.05. The van der Waals surface area contributed by atoms with Crippen LogP contribution < -0.4 is 10.6 Å². The largest absolute Gasteiger partial charge is 0.338 e. The van der Waals surface area contributed by atoms with Gasteiger partial charge >= 0.3 is 6.03 Å². The molecule has 0 spiro atoms. The first kappa shape index (κ1) is 15.8. The molecule has 1 atom stereocenters. The van der Waals surface area contributed by atoms with Gasteiger partial charge < -0.3 is 15.5 Å². The van der Waals surface area contributed by atoms with E-state index >= 15 is 0 Å². The molecule has 0 radical (unpaired) electrons. The highest BCUT2D eigenvalue weighted by Crippen LogP contribution is 2.15. The predicted molar refractivity (Wildman–Crippen MR) is 86.2 cm³/mol. The molecule has 1 unspecified atom stereocenters. The van der Waals surface area contributed by atoms with E-state index in [1.165, 1.54) is 25.8 Å². The van der Waals surface area contributed by atoms with Crippen LogP contribution in [0.25, 0.3) is 0 Å². The van der Waals surface area contributed by atoms with Crippen LogP contribution in [-0.4, -0.2) is 36.6 Å². The Labute approximate surface area is 127 Å². The molecule has 116 valence electrons. The van der Waals surface area contributed by atoms with Crippen molar-refractivity contribution in [3.63, 3.8) is 0 Å². The summed E-state index contributed by atoms with van der Waals surface area (Å²) in [5.41, 5.74) is 1.12. The van der Waals surface area contributed by atoms with E-state index in [1.54, 1.807) is 0 Å². The molecule has 1 aromatic rings. The van der Waals surface area contributed by atoms with E-state index in [0.29, 0.717) is 12.6 Å².